The zero-order valence-electron chi connectivity index (χ0n) is 7.24. The Morgan fingerprint density at radius 3 is 2.42 bits per heavy atom. The van der Waals surface area contributed by atoms with Crippen LogP contribution in [0.1, 0.15) is 24.1 Å². The highest BCUT2D eigenvalue weighted by atomic mass is 35.5. The number of aryl methyl sites for hydroxylation is 1. The van der Waals surface area contributed by atoms with Gasteiger partial charge in [0.15, 0.2) is 0 Å². The molecule has 0 amide bonds. The first-order valence-corrected chi connectivity index (χ1v) is 3.66. The molecule has 1 aromatic carbocycles. The van der Waals surface area contributed by atoms with Crippen molar-refractivity contribution < 1.29 is 5.11 Å². The van der Waals surface area contributed by atoms with E-state index >= 15 is 0 Å². The lowest BCUT2D eigenvalue weighted by Crippen LogP contribution is -2.04. The molecule has 3 heteroatoms. The molecule has 0 bridgehead atoms. The van der Waals surface area contributed by atoms with Crippen molar-refractivity contribution in [3.63, 3.8) is 0 Å². The van der Waals surface area contributed by atoms with E-state index in [2.05, 4.69) is 0 Å². The maximum atomic E-state index is 9.18. The first-order valence-electron chi connectivity index (χ1n) is 3.66. The van der Waals surface area contributed by atoms with Gasteiger partial charge in [-0.2, -0.15) is 0 Å². The van der Waals surface area contributed by atoms with Crippen molar-refractivity contribution >= 4 is 12.4 Å². The molecule has 0 aliphatic rings. The molecule has 2 nitrogen and oxygen atoms in total. The van der Waals surface area contributed by atoms with E-state index < -0.39 is 0 Å². The van der Waals surface area contributed by atoms with Crippen LogP contribution in [0.2, 0.25) is 0 Å². The number of halogens is 1. The van der Waals surface area contributed by atoms with E-state index in [0.29, 0.717) is 5.75 Å². The number of aromatic hydroxyl groups is 1. The van der Waals surface area contributed by atoms with E-state index in [0.717, 1.165) is 11.1 Å². The van der Waals surface area contributed by atoms with E-state index in [1.165, 1.54) is 0 Å². The van der Waals surface area contributed by atoms with Crippen LogP contribution in [0.4, 0.5) is 0 Å². The predicted octanol–water partition coefficient (Wildman–Crippen LogP) is 2.14. The maximum Gasteiger partial charge on any atom is 0.118 e. The van der Waals surface area contributed by atoms with Crippen LogP contribution in [0, 0.1) is 6.92 Å². The molecule has 0 radical (unpaired) electrons. The Morgan fingerprint density at radius 2 is 2.00 bits per heavy atom. The Bertz CT molecular complexity index is 261. The highest BCUT2D eigenvalue weighted by Crippen LogP contribution is 2.19. The van der Waals surface area contributed by atoms with Crippen molar-refractivity contribution in [3.8, 4) is 5.75 Å². The first kappa shape index (κ1) is 11.3. The van der Waals surface area contributed by atoms with Crippen LogP contribution in [0.5, 0.6) is 5.75 Å². The molecule has 1 aromatic rings. The molecular weight excluding hydrogens is 174 g/mol. The second kappa shape index (κ2) is 4.33. The Kier molecular flexibility index (Phi) is 4.07. The third kappa shape index (κ3) is 2.40. The third-order valence-electron chi connectivity index (χ3n) is 1.75. The van der Waals surface area contributed by atoms with Crippen molar-refractivity contribution in [1.29, 1.82) is 0 Å². The van der Waals surface area contributed by atoms with E-state index in [9.17, 15) is 5.11 Å². The fourth-order valence-corrected chi connectivity index (χ4v) is 0.962. The third-order valence-corrected chi connectivity index (χ3v) is 1.75. The number of hydrogen-bond acceptors (Lipinski definition) is 2. The molecular formula is C9H14ClNO. The number of benzene rings is 1. The molecule has 3 N–H and O–H groups in total. The Labute approximate surface area is 78.8 Å². The van der Waals surface area contributed by atoms with Gasteiger partial charge >= 0.3 is 0 Å². The van der Waals surface area contributed by atoms with Crippen molar-refractivity contribution in [2.45, 2.75) is 19.9 Å². The lowest BCUT2D eigenvalue weighted by atomic mass is 10.1. The maximum absolute atomic E-state index is 9.18. The molecule has 12 heavy (non-hydrogen) atoms. The second-order valence-corrected chi connectivity index (χ2v) is 2.83. The minimum absolute atomic E-state index is 0. The fourth-order valence-electron chi connectivity index (χ4n) is 0.962. The number of phenolic OH excluding ortho intramolecular Hbond substituents is 1. The van der Waals surface area contributed by atoms with Gasteiger partial charge in [-0.15, -0.1) is 12.4 Å². The number of phenols is 1. The van der Waals surface area contributed by atoms with Crippen molar-refractivity contribution in [2.24, 2.45) is 5.73 Å². The van der Waals surface area contributed by atoms with Crippen LogP contribution >= 0.6 is 12.4 Å². The molecule has 68 valence electrons. The van der Waals surface area contributed by atoms with Gasteiger partial charge in [-0.25, -0.2) is 0 Å². The second-order valence-electron chi connectivity index (χ2n) is 2.83. The molecule has 0 aliphatic heterocycles. The summed E-state index contributed by atoms with van der Waals surface area (Å²) in [4.78, 5) is 0. The van der Waals surface area contributed by atoms with Crippen LogP contribution in [0.25, 0.3) is 0 Å². The molecule has 0 unspecified atom stereocenters. The molecule has 1 rings (SSSR count). The van der Waals surface area contributed by atoms with E-state index in [1.54, 1.807) is 6.07 Å². The summed E-state index contributed by atoms with van der Waals surface area (Å²) in [7, 11) is 0. The van der Waals surface area contributed by atoms with Crippen LogP contribution in [-0.4, -0.2) is 5.11 Å². The minimum atomic E-state index is 0. The molecule has 0 aromatic heterocycles. The smallest absolute Gasteiger partial charge is 0.118 e. The van der Waals surface area contributed by atoms with Gasteiger partial charge in [0.1, 0.15) is 5.75 Å². The van der Waals surface area contributed by atoms with Crippen LogP contribution < -0.4 is 5.73 Å². The van der Waals surface area contributed by atoms with Crippen LogP contribution in [0.3, 0.4) is 0 Å². The largest absolute Gasteiger partial charge is 0.508 e. The van der Waals surface area contributed by atoms with Gasteiger partial charge in [-0.05, 0) is 31.0 Å². The Balaban J connectivity index is 0.00000121. The standard InChI is InChI=1S/C9H13NO.ClH/c1-6-5-8(7(2)10)3-4-9(6)11;/h3-5,7,11H,10H2,1-2H3;1H/t7-;/m1./s1. The lowest BCUT2D eigenvalue weighted by molar-refractivity contribution is 0.470. The average molecular weight is 188 g/mol. The van der Waals surface area contributed by atoms with Crippen molar-refractivity contribution in [1.82, 2.24) is 0 Å². The molecule has 0 spiro atoms. The van der Waals surface area contributed by atoms with Gasteiger partial charge < -0.3 is 10.8 Å². The average Bonchev–Trinajstić information content (AvgIpc) is 1.94. The van der Waals surface area contributed by atoms with Gasteiger partial charge in [0.05, 0.1) is 0 Å². The van der Waals surface area contributed by atoms with E-state index in [-0.39, 0.29) is 18.4 Å². The number of rotatable bonds is 1. The summed E-state index contributed by atoms with van der Waals surface area (Å²) in [5.74, 6) is 0.328. The number of hydrogen-bond donors (Lipinski definition) is 2. The lowest BCUT2D eigenvalue weighted by Gasteiger charge is -2.06. The van der Waals surface area contributed by atoms with E-state index in [4.69, 9.17) is 5.73 Å². The number of nitrogens with two attached hydrogens (primary N) is 1. The summed E-state index contributed by atoms with van der Waals surface area (Å²) >= 11 is 0. The topological polar surface area (TPSA) is 46.2 Å². The zero-order chi connectivity index (χ0) is 8.43. The molecule has 0 saturated carbocycles. The van der Waals surface area contributed by atoms with Gasteiger partial charge in [0.2, 0.25) is 0 Å². The fraction of sp³-hybridized carbons (Fsp3) is 0.333. The monoisotopic (exact) mass is 187 g/mol. The summed E-state index contributed by atoms with van der Waals surface area (Å²) in [6, 6.07) is 5.45. The molecule has 0 fully saturated rings. The highest BCUT2D eigenvalue weighted by Gasteiger charge is 2.00. The summed E-state index contributed by atoms with van der Waals surface area (Å²) in [5, 5.41) is 9.18. The highest BCUT2D eigenvalue weighted by molar-refractivity contribution is 5.85. The molecule has 1 atom stereocenters. The van der Waals surface area contributed by atoms with Crippen molar-refractivity contribution in [2.75, 3.05) is 0 Å². The van der Waals surface area contributed by atoms with E-state index in [1.807, 2.05) is 26.0 Å². The zero-order valence-corrected chi connectivity index (χ0v) is 8.06. The quantitative estimate of drug-likeness (QED) is 0.708. The Morgan fingerprint density at radius 1 is 1.42 bits per heavy atom. The van der Waals surface area contributed by atoms with Gasteiger partial charge in [0, 0.05) is 6.04 Å². The Hall–Kier alpha value is -0.730. The van der Waals surface area contributed by atoms with Crippen LogP contribution in [-0.2, 0) is 0 Å². The van der Waals surface area contributed by atoms with Crippen LogP contribution in [0.15, 0.2) is 18.2 Å². The van der Waals surface area contributed by atoms with Gasteiger partial charge in [0.25, 0.3) is 0 Å². The molecule has 0 saturated heterocycles. The first-order chi connectivity index (χ1) is 5.11. The SMILES string of the molecule is Cc1cc([C@@H](C)N)ccc1O.Cl. The normalized spacial score (nSPS) is 11.9. The predicted molar refractivity (Wildman–Crippen MR) is 52.7 cm³/mol. The summed E-state index contributed by atoms with van der Waals surface area (Å²) in [6.07, 6.45) is 0. The molecule has 0 heterocycles. The summed E-state index contributed by atoms with van der Waals surface area (Å²) in [5.41, 5.74) is 7.58. The minimum Gasteiger partial charge on any atom is -0.508 e. The van der Waals surface area contributed by atoms with Crippen molar-refractivity contribution in [3.05, 3.63) is 29.3 Å². The summed E-state index contributed by atoms with van der Waals surface area (Å²) < 4.78 is 0. The molecule has 0 aliphatic carbocycles. The van der Waals surface area contributed by atoms with Gasteiger partial charge in [-0.3, -0.25) is 0 Å². The van der Waals surface area contributed by atoms with Gasteiger partial charge in [-0.1, -0.05) is 12.1 Å². The summed E-state index contributed by atoms with van der Waals surface area (Å²) in [6.45, 7) is 3.78.